The van der Waals surface area contributed by atoms with E-state index in [1.807, 2.05) is 30.3 Å². The number of carbonyl (C=O) groups is 1. The summed E-state index contributed by atoms with van der Waals surface area (Å²) in [6.07, 6.45) is -1.31. The zero-order chi connectivity index (χ0) is 22.9. The Hall–Kier alpha value is -2.87. The van der Waals surface area contributed by atoms with Crippen LogP contribution < -0.4 is 0 Å². The van der Waals surface area contributed by atoms with E-state index in [1.165, 1.54) is 13.0 Å². The van der Waals surface area contributed by atoms with Gasteiger partial charge in [0, 0.05) is 30.1 Å². The maximum absolute atomic E-state index is 13.0. The third kappa shape index (κ3) is 4.65. The highest BCUT2D eigenvalue weighted by Gasteiger charge is 2.35. The highest BCUT2D eigenvalue weighted by Crippen LogP contribution is 2.40. The molecule has 170 valence electrons. The molecule has 1 aliphatic carbocycles. The molecule has 1 aromatic heterocycles. The summed E-state index contributed by atoms with van der Waals surface area (Å²) < 4.78 is 45.3. The van der Waals surface area contributed by atoms with Crippen LogP contribution >= 0.6 is 0 Å². The summed E-state index contributed by atoms with van der Waals surface area (Å²) in [4.78, 5) is 18.4. The minimum Gasteiger partial charge on any atom is -0.440 e. The minimum atomic E-state index is -4.32. The molecule has 4 rings (SSSR count). The molecule has 8 heteroatoms. The lowest BCUT2D eigenvalue weighted by molar-refractivity contribution is -0.140. The standard InChI is InChI=1S/C24H25F3N2O3/c1-15(30)23(31)29-13-11-18(12-14-29)22-28-20(21(32-22)17-5-3-2-4-6-17)16-7-9-19(10-8-16)24(25,26)27/h2-7,9,15,18,30H,8,10-14H2,1H3. The molecule has 1 atom stereocenters. The molecule has 2 aliphatic rings. The summed E-state index contributed by atoms with van der Waals surface area (Å²) in [5.41, 5.74) is 1.57. The monoisotopic (exact) mass is 446 g/mol. The Balaban J connectivity index is 1.63. The van der Waals surface area contributed by atoms with Crippen LogP contribution in [-0.4, -0.2) is 46.3 Å². The molecule has 2 heterocycles. The van der Waals surface area contributed by atoms with E-state index in [0.717, 1.165) is 11.6 Å². The lowest BCUT2D eigenvalue weighted by Crippen LogP contribution is -2.42. The number of hydrogen-bond donors (Lipinski definition) is 1. The molecule has 1 aromatic carbocycles. The van der Waals surface area contributed by atoms with Crippen molar-refractivity contribution in [3.8, 4) is 11.3 Å². The van der Waals surface area contributed by atoms with Crippen LogP contribution in [0.2, 0.25) is 0 Å². The molecule has 2 aromatic rings. The van der Waals surface area contributed by atoms with Gasteiger partial charge in [-0.05, 0) is 38.2 Å². The van der Waals surface area contributed by atoms with Crippen LogP contribution in [0.3, 0.4) is 0 Å². The number of alkyl halides is 3. The van der Waals surface area contributed by atoms with Crippen LogP contribution in [0.5, 0.6) is 0 Å². The number of rotatable bonds is 4. The van der Waals surface area contributed by atoms with Gasteiger partial charge in [-0.25, -0.2) is 4.98 Å². The smallest absolute Gasteiger partial charge is 0.412 e. The highest BCUT2D eigenvalue weighted by atomic mass is 19.4. The van der Waals surface area contributed by atoms with E-state index in [-0.39, 0.29) is 24.7 Å². The minimum absolute atomic E-state index is 0.00488. The van der Waals surface area contributed by atoms with Crippen LogP contribution in [0.15, 0.2) is 52.5 Å². The van der Waals surface area contributed by atoms with Gasteiger partial charge in [0.15, 0.2) is 11.7 Å². The average molecular weight is 446 g/mol. The normalized spacial score (nSPS) is 18.8. The second-order valence-electron chi connectivity index (χ2n) is 8.25. The second-order valence-corrected chi connectivity index (χ2v) is 8.25. The number of nitrogens with zero attached hydrogens (tertiary/aromatic N) is 2. The first-order valence-electron chi connectivity index (χ1n) is 10.7. The van der Waals surface area contributed by atoms with Crippen LogP contribution in [0, 0.1) is 0 Å². The third-order valence-corrected chi connectivity index (χ3v) is 6.01. The predicted molar refractivity (Wildman–Crippen MR) is 114 cm³/mol. The summed E-state index contributed by atoms with van der Waals surface area (Å²) in [5.74, 6) is 0.795. The van der Waals surface area contributed by atoms with E-state index in [9.17, 15) is 23.1 Å². The van der Waals surface area contributed by atoms with Crippen LogP contribution in [0.4, 0.5) is 13.2 Å². The summed E-state index contributed by atoms with van der Waals surface area (Å²) in [7, 11) is 0. The Bertz CT molecular complexity index is 1030. The molecule has 0 bridgehead atoms. The molecular formula is C24H25F3N2O3. The number of halogens is 3. The first-order chi connectivity index (χ1) is 15.2. The lowest BCUT2D eigenvalue weighted by Gasteiger charge is -2.31. The first-order valence-corrected chi connectivity index (χ1v) is 10.7. The lowest BCUT2D eigenvalue weighted by atomic mass is 9.94. The van der Waals surface area contributed by atoms with Gasteiger partial charge < -0.3 is 14.4 Å². The molecule has 5 nitrogen and oxygen atoms in total. The summed E-state index contributed by atoms with van der Waals surface area (Å²) in [6.45, 7) is 2.44. The Kier molecular flexibility index (Phi) is 6.24. The summed E-state index contributed by atoms with van der Waals surface area (Å²) in [5, 5.41) is 9.53. The molecule has 1 amide bonds. The molecule has 1 N–H and O–H groups in total. The van der Waals surface area contributed by atoms with Crippen LogP contribution in [0.25, 0.3) is 16.9 Å². The second kappa shape index (κ2) is 8.94. The van der Waals surface area contributed by atoms with E-state index in [0.29, 0.717) is 48.8 Å². The van der Waals surface area contributed by atoms with Crippen molar-refractivity contribution in [2.24, 2.45) is 0 Å². The van der Waals surface area contributed by atoms with Crippen molar-refractivity contribution in [3.05, 3.63) is 59.6 Å². The number of aromatic nitrogens is 1. The molecule has 1 aliphatic heterocycles. The Morgan fingerprint density at radius 2 is 1.84 bits per heavy atom. The third-order valence-electron chi connectivity index (χ3n) is 6.01. The van der Waals surface area contributed by atoms with Crippen molar-refractivity contribution >= 4 is 11.5 Å². The van der Waals surface area contributed by atoms with E-state index in [1.54, 1.807) is 4.90 Å². The van der Waals surface area contributed by atoms with Crippen molar-refractivity contribution in [2.45, 2.75) is 50.8 Å². The van der Waals surface area contributed by atoms with Gasteiger partial charge in [0.05, 0.1) is 0 Å². The van der Waals surface area contributed by atoms with Crippen molar-refractivity contribution < 1.29 is 27.5 Å². The Labute approximate surface area is 184 Å². The number of aliphatic hydroxyl groups excluding tert-OH is 1. The maximum Gasteiger partial charge on any atom is 0.412 e. The molecule has 1 fully saturated rings. The van der Waals surface area contributed by atoms with Gasteiger partial charge in [-0.15, -0.1) is 0 Å². The number of oxazole rings is 1. The predicted octanol–water partition coefficient (Wildman–Crippen LogP) is 5.09. The summed E-state index contributed by atoms with van der Waals surface area (Å²) >= 11 is 0. The van der Waals surface area contributed by atoms with Crippen molar-refractivity contribution in [2.75, 3.05) is 13.1 Å². The largest absolute Gasteiger partial charge is 0.440 e. The topological polar surface area (TPSA) is 66.6 Å². The molecule has 0 saturated carbocycles. The van der Waals surface area contributed by atoms with Crippen LogP contribution in [0.1, 0.15) is 50.1 Å². The summed E-state index contributed by atoms with van der Waals surface area (Å²) in [6, 6.07) is 9.40. The van der Waals surface area contributed by atoms with Gasteiger partial charge in [0.25, 0.3) is 5.91 Å². The fourth-order valence-corrected chi connectivity index (χ4v) is 4.20. The molecule has 0 spiro atoms. The van der Waals surface area contributed by atoms with E-state index >= 15 is 0 Å². The van der Waals surface area contributed by atoms with Gasteiger partial charge in [-0.3, -0.25) is 4.79 Å². The van der Waals surface area contributed by atoms with E-state index < -0.39 is 17.9 Å². The maximum atomic E-state index is 13.0. The van der Waals surface area contributed by atoms with E-state index in [4.69, 9.17) is 9.40 Å². The molecular weight excluding hydrogens is 421 g/mol. The first kappa shape index (κ1) is 22.3. The van der Waals surface area contributed by atoms with Crippen molar-refractivity contribution in [1.82, 2.24) is 9.88 Å². The van der Waals surface area contributed by atoms with Crippen LogP contribution in [-0.2, 0) is 4.79 Å². The average Bonchev–Trinajstić information content (AvgIpc) is 3.24. The fraction of sp³-hybridized carbons (Fsp3) is 0.417. The quantitative estimate of drug-likeness (QED) is 0.710. The number of hydrogen-bond acceptors (Lipinski definition) is 4. The van der Waals surface area contributed by atoms with Gasteiger partial charge in [-0.1, -0.05) is 42.5 Å². The zero-order valence-corrected chi connectivity index (χ0v) is 17.7. The number of carbonyl (C=O) groups excluding carboxylic acids is 1. The Morgan fingerprint density at radius 3 is 2.41 bits per heavy atom. The van der Waals surface area contributed by atoms with Gasteiger partial charge in [0.2, 0.25) is 0 Å². The number of amides is 1. The van der Waals surface area contributed by atoms with E-state index in [2.05, 4.69) is 0 Å². The number of aliphatic hydroxyl groups is 1. The molecule has 0 radical (unpaired) electrons. The number of piperidine rings is 1. The highest BCUT2D eigenvalue weighted by molar-refractivity contribution is 5.80. The molecule has 32 heavy (non-hydrogen) atoms. The number of allylic oxidation sites excluding steroid dienone is 4. The van der Waals surface area contributed by atoms with Gasteiger partial charge in [-0.2, -0.15) is 13.2 Å². The number of benzene rings is 1. The van der Waals surface area contributed by atoms with Crippen molar-refractivity contribution in [1.29, 1.82) is 0 Å². The molecule has 1 saturated heterocycles. The van der Waals surface area contributed by atoms with Gasteiger partial charge >= 0.3 is 6.18 Å². The zero-order valence-electron chi connectivity index (χ0n) is 17.7. The number of likely N-dealkylation sites (tertiary alicyclic amines) is 1. The Morgan fingerprint density at radius 1 is 1.16 bits per heavy atom. The van der Waals surface area contributed by atoms with Crippen molar-refractivity contribution in [3.63, 3.8) is 0 Å². The fourth-order valence-electron chi connectivity index (χ4n) is 4.20. The molecule has 1 unspecified atom stereocenters. The van der Waals surface area contributed by atoms with Gasteiger partial charge in [0.1, 0.15) is 11.8 Å². The SMILES string of the molecule is CC(O)C(=O)N1CCC(c2nc(C3=CC=C(C(F)(F)F)CC3)c(-c3ccccc3)o2)CC1.